The van der Waals surface area contributed by atoms with Crippen LogP contribution in [0.4, 0.5) is 5.69 Å². The number of sulfone groups is 1. The summed E-state index contributed by atoms with van der Waals surface area (Å²) in [6.45, 7) is 6.93. The Kier molecular flexibility index (Phi) is 3.64. The normalized spacial score (nSPS) is 30.5. The molecule has 0 fully saturated rings. The molecule has 1 aliphatic carbocycles. The molecule has 0 bridgehead atoms. The Morgan fingerprint density at radius 2 is 1.96 bits per heavy atom. The lowest BCUT2D eigenvalue weighted by Crippen LogP contribution is -2.56. The van der Waals surface area contributed by atoms with Gasteiger partial charge < -0.3 is 0 Å². The molecule has 1 aliphatic heterocycles. The van der Waals surface area contributed by atoms with Gasteiger partial charge in [0.1, 0.15) is 10.3 Å². The highest BCUT2D eigenvalue weighted by molar-refractivity contribution is 7.94. The second kappa shape index (κ2) is 5.12. The molecule has 130 valence electrons. The number of hydrogen-bond acceptors (Lipinski definition) is 5. The first-order valence-corrected chi connectivity index (χ1v) is 9.64. The van der Waals surface area contributed by atoms with Gasteiger partial charge in [0.05, 0.1) is 10.2 Å². The van der Waals surface area contributed by atoms with Gasteiger partial charge in [-0.3, -0.25) is 15.1 Å². The van der Waals surface area contributed by atoms with E-state index >= 15 is 0 Å². The first-order valence-electron chi connectivity index (χ1n) is 8.10. The lowest BCUT2D eigenvalue weighted by Gasteiger charge is -2.44. The average molecular weight is 350 g/mol. The molecule has 1 heterocycles. The van der Waals surface area contributed by atoms with Gasteiger partial charge in [-0.1, -0.05) is 6.07 Å². The van der Waals surface area contributed by atoms with Crippen molar-refractivity contribution in [2.75, 3.05) is 0 Å². The van der Waals surface area contributed by atoms with Crippen LogP contribution < -0.4 is 0 Å². The highest BCUT2D eigenvalue weighted by Crippen LogP contribution is 2.48. The SMILES string of the molecule is CC1=N[C@]2(C)c3cc([N+](=O)[O-])ccc3CCC[C@@H]2S(=O)(=O)C1(C)C. The third-order valence-corrected chi connectivity index (χ3v) is 8.91. The highest BCUT2D eigenvalue weighted by Gasteiger charge is 2.56. The minimum Gasteiger partial charge on any atom is -0.280 e. The summed E-state index contributed by atoms with van der Waals surface area (Å²) in [5.41, 5.74) is 1.19. The molecule has 0 saturated heterocycles. The van der Waals surface area contributed by atoms with Crippen LogP contribution in [0, 0.1) is 10.1 Å². The molecule has 0 radical (unpaired) electrons. The van der Waals surface area contributed by atoms with Crippen molar-refractivity contribution in [1.29, 1.82) is 0 Å². The van der Waals surface area contributed by atoms with Gasteiger partial charge in [0.2, 0.25) is 0 Å². The lowest BCUT2D eigenvalue weighted by atomic mass is 9.85. The number of nitro benzene ring substituents is 1. The summed E-state index contributed by atoms with van der Waals surface area (Å²) in [5, 5.41) is 10.5. The molecule has 1 aromatic rings. The van der Waals surface area contributed by atoms with Gasteiger partial charge in [0.15, 0.2) is 9.84 Å². The second-order valence-electron chi connectivity index (χ2n) is 7.38. The fourth-order valence-corrected chi connectivity index (χ4v) is 6.36. The number of hydrogen-bond donors (Lipinski definition) is 0. The summed E-state index contributed by atoms with van der Waals surface area (Å²) in [7, 11) is -3.47. The van der Waals surface area contributed by atoms with E-state index < -0.39 is 30.3 Å². The molecule has 7 heteroatoms. The zero-order chi connectivity index (χ0) is 17.9. The van der Waals surface area contributed by atoms with E-state index in [1.165, 1.54) is 12.1 Å². The van der Waals surface area contributed by atoms with Crippen LogP contribution in [0.2, 0.25) is 0 Å². The fourth-order valence-electron chi connectivity index (χ4n) is 3.93. The van der Waals surface area contributed by atoms with Gasteiger partial charge in [-0.25, -0.2) is 8.42 Å². The molecule has 3 rings (SSSR count). The molecular weight excluding hydrogens is 328 g/mol. The maximum absolute atomic E-state index is 13.3. The lowest BCUT2D eigenvalue weighted by molar-refractivity contribution is -0.385. The van der Waals surface area contributed by atoms with Crippen molar-refractivity contribution in [1.82, 2.24) is 0 Å². The third-order valence-electron chi connectivity index (χ3n) is 5.75. The smallest absolute Gasteiger partial charge is 0.269 e. The van der Waals surface area contributed by atoms with Crippen molar-refractivity contribution >= 4 is 21.2 Å². The van der Waals surface area contributed by atoms with Gasteiger partial charge in [0, 0.05) is 17.8 Å². The summed E-state index contributed by atoms with van der Waals surface area (Å²) in [6.07, 6.45) is 1.96. The number of non-ortho nitro benzene ring substituents is 1. The van der Waals surface area contributed by atoms with E-state index in [-0.39, 0.29) is 5.69 Å². The van der Waals surface area contributed by atoms with Gasteiger partial charge in [-0.2, -0.15) is 0 Å². The van der Waals surface area contributed by atoms with Crippen molar-refractivity contribution in [3.8, 4) is 0 Å². The van der Waals surface area contributed by atoms with Gasteiger partial charge in [0.25, 0.3) is 5.69 Å². The van der Waals surface area contributed by atoms with E-state index in [9.17, 15) is 18.5 Å². The van der Waals surface area contributed by atoms with Gasteiger partial charge >= 0.3 is 0 Å². The number of nitro groups is 1. The van der Waals surface area contributed by atoms with Crippen LogP contribution >= 0.6 is 0 Å². The van der Waals surface area contributed by atoms with Crippen molar-refractivity contribution < 1.29 is 13.3 Å². The Hall–Kier alpha value is -1.76. The van der Waals surface area contributed by atoms with Crippen LogP contribution in [0.5, 0.6) is 0 Å². The number of fused-ring (bicyclic) bond motifs is 3. The molecule has 2 aliphatic rings. The van der Waals surface area contributed by atoms with Crippen LogP contribution in [-0.2, 0) is 21.8 Å². The van der Waals surface area contributed by atoms with E-state index in [0.29, 0.717) is 24.1 Å². The van der Waals surface area contributed by atoms with E-state index in [1.807, 2.05) is 6.92 Å². The summed E-state index contributed by atoms with van der Waals surface area (Å²) < 4.78 is 25.5. The van der Waals surface area contributed by atoms with Crippen LogP contribution in [0.25, 0.3) is 0 Å². The first kappa shape index (κ1) is 17.1. The fraction of sp³-hybridized carbons (Fsp3) is 0.588. The molecule has 0 amide bonds. The highest BCUT2D eigenvalue weighted by atomic mass is 32.2. The van der Waals surface area contributed by atoms with Crippen LogP contribution in [0.15, 0.2) is 23.2 Å². The molecule has 24 heavy (non-hydrogen) atoms. The molecule has 2 atom stereocenters. The maximum Gasteiger partial charge on any atom is 0.269 e. The van der Waals surface area contributed by atoms with E-state index in [1.54, 1.807) is 26.8 Å². The summed E-state index contributed by atoms with van der Waals surface area (Å²) >= 11 is 0. The maximum atomic E-state index is 13.3. The van der Waals surface area contributed by atoms with Crippen LogP contribution in [-0.4, -0.2) is 29.0 Å². The summed E-state index contributed by atoms with van der Waals surface area (Å²) in [4.78, 5) is 15.5. The number of benzene rings is 1. The second-order valence-corrected chi connectivity index (χ2v) is 10.1. The minimum absolute atomic E-state index is 0.0225. The average Bonchev–Trinajstić information content (AvgIpc) is 2.63. The largest absolute Gasteiger partial charge is 0.280 e. The molecule has 0 spiro atoms. The van der Waals surface area contributed by atoms with Crippen molar-refractivity contribution in [2.24, 2.45) is 4.99 Å². The van der Waals surface area contributed by atoms with E-state index in [4.69, 9.17) is 4.99 Å². The Labute approximate surface area is 142 Å². The monoisotopic (exact) mass is 350 g/mol. The molecule has 0 aromatic heterocycles. The topological polar surface area (TPSA) is 89.6 Å². The van der Waals surface area contributed by atoms with Gasteiger partial charge in [-0.05, 0) is 58.1 Å². The number of nitrogens with zero attached hydrogens (tertiary/aromatic N) is 2. The Morgan fingerprint density at radius 3 is 2.58 bits per heavy atom. The minimum atomic E-state index is -3.47. The van der Waals surface area contributed by atoms with Crippen LogP contribution in [0.3, 0.4) is 0 Å². The zero-order valence-corrected chi connectivity index (χ0v) is 15.2. The summed E-state index contributed by atoms with van der Waals surface area (Å²) in [6, 6.07) is 4.75. The molecule has 0 saturated carbocycles. The Morgan fingerprint density at radius 1 is 1.29 bits per heavy atom. The molecular formula is C17H22N2O4S. The molecule has 1 aromatic carbocycles. The van der Waals surface area contributed by atoms with Crippen LogP contribution in [0.1, 0.15) is 51.7 Å². The Balaban J connectivity index is 2.34. The van der Waals surface area contributed by atoms with E-state index in [2.05, 4.69) is 0 Å². The van der Waals surface area contributed by atoms with E-state index in [0.717, 1.165) is 12.0 Å². The van der Waals surface area contributed by atoms with Crippen molar-refractivity contribution in [3.63, 3.8) is 0 Å². The van der Waals surface area contributed by atoms with Crippen molar-refractivity contribution in [2.45, 2.75) is 62.5 Å². The first-order chi connectivity index (χ1) is 11.0. The standard InChI is InChI=1S/C17H22N2O4S/c1-11-16(2,3)24(22,23)15-7-5-6-12-8-9-13(19(20)21)10-14(12)17(15,4)18-11/h8-10,15H,5-7H2,1-4H3/t15-,17+/m0/s1. The summed E-state index contributed by atoms with van der Waals surface area (Å²) in [5.74, 6) is 0. The van der Waals surface area contributed by atoms with Crippen molar-refractivity contribution in [3.05, 3.63) is 39.4 Å². The predicted octanol–water partition coefficient (Wildman–Crippen LogP) is 3.18. The predicted molar refractivity (Wildman–Crippen MR) is 93.3 cm³/mol. The number of rotatable bonds is 1. The quantitative estimate of drug-likeness (QED) is 0.574. The number of aryl methyl sites for hydroxylation is 1. The Bertz CT molecular complexity index is 857. The van der Waals surface area contributed by atoms with Gasteiger partial charge in [-0.15, -0.1) is 0 Å². The molecule has 6 nitrogen and oxygen atoms in total. The molecule has 0 unspecified atom stereocenters. The molecule has 0 N–H and O–H groups in total. The zero-order valence-electron chi connectivity index (χ0n) is 14.4. The number of aliphatic imine (C=N–C) groups is 1. The third kappa shape index (κ3) is 2.13.